The molecule has 0 fully saturated rings. The van der Waals surface area contributed by atoms with Crippen molar-refractivity contribution in [3.63, 3.8) is 0 Å². The van der Waals surface area contributed by atoms with Crippen molar-refractivity contribution in [1.82, 2.24) is 8.87 Å². The highest BCUT2D eigenvalue weighted by atomic mass is 32.2. The van der Waals surface area contributed by atoms with Gasteiger partial charge >= 0.3 is 0 Å². The molecule has 4 aromatic rings. The summed E-state index contributed by atoms with van der Waals surface area (Å²) in [5.41, 5.74) is 2.15. The Balaban J connectivity index is 1.62. The van der Waals surface area contributed by atoms with Crippen LogP contribution in [0.25, 0.3) is 10.2 Å². The van der Waals surface area contributed by atoms with Gasteiger partial charge in [-0.2, -0.15) is 9.30 Å². The van der Waals surface area contributed by atoms with E-state index in [0.29, 0.717) is 23.5 Å². The lowest BCUT2D eigenvalue weighted by Crippen LogP contribution is -2.26. The van der Waals surface area contributed by atoms with Crippen LogP contribution in [0, 0.1) is 0 Å². The van der Waals surface area contributed by atoms with E-state index in [4.69, 9.17) is 4.74 Å². The second-order valence-electron chi connectivity index (χ2n) is 8.26. The van der Waals surface area contributed by atoms with Crippen LogP contribution in [0.3, 0.4) is 0 Å². The Morgan fingerprint density at radius 2 is 1.72 bits per heavy atom. The summed E-state index contributed by atoms with van der Waals surface area (Å²) >= 11 is 1.43. The first kappa shape index (κ1) is 25.8. The number of benzene rings is 3. The summed E-state index contributed by atoms with van der Waals surface area (Å²) in [5, 5.41) is 0. The van der Waals surface area contributed by atoms with Gasteiger partial charge in [0.25, 0.3) is 5.91 Å². The molecular weight excluding hydrogens is 494 g/mol. The number of carbonyl (C=O) groups is 1. The summed E-state index contributed by atoms with van der Waals surface area (Å²) in [7, 11) is -2.16. The molecular formula is C27H29N3O4S2. The molecule has 1 amide bonds. The SMILES string of the molecule is CCCn1c(=NC(=O)c2ccc(S(=O)(=O)N(C)Cc3ccccc3)cc2)sc2cccc(OCC)c21. The van der Waals surface area contributed by atoms with Crippen LogP contribution in [0.5, 0.6) is 5.75 Å². The molecule has 188 valence electrons. The molecule has 0 aliphatic rings. The fraction of sp³-hybridized carbons (Fsp3) is 0.259. The fourth-order valence-corrected chi connectivity index (χ4v) is 6.14. The molecule has 0 N–H and O–H groups in total. The number of sulfonamides is 1. The molecule has 1 aromatic heterocycles. The summed E-state index contributed by atoms with van der Waals surface area (Å²) in [4.78, 5) is 18.1. The summed E-state index contributed by atoms with van der Waals surface area (Å²) < 4.78 is 36.1. The largest absolute Gasteiger partial charge is 0.492 e. The molecule has 0 saturated heterocycles. The van der Waals surface area contributed by atoms with E-state index in [1.54, 1.807) is 7.05 Å². The van der Waals surface area contributed by atoms with E-state index in [1.165, 1.54) is 39.9 Å². The molecule has 0 spiro atoms. The summed E-state index contributed by atoms with van der Waals surface area (Å²) in [6.07, 6.45) is 0.872. The second-order valence-corrected chi connectivity index (χ2v) is 11.3. The van der Waals surface area contributed by atoms with Gasteiger partial charge in [-0.15, -0.1) is 0 Å². The maximum absolute atomic E-state index is 13.0. The minimum atomic E-state index is -3.70. The van der Waals surface area contributed by atoms with Gasteiger partial charge in [0.05, 0.1) is 16.2 Å². The molecule has 7 nitrogen and oxygen atoms in total. The predicted molar refractivity (Wildman–Crippen MR) is 143 cm³/mol. The van der Waals surface area contributed by atoms with Crippen LogP contribution in [-0.4, -0.2) is 36.9 Å². The lowest BCUT2D eigenvalue weighted by Gasteiger charge is -2.17. The van der Waals surface area contributed by atoms with E-state index >= 15 is 0 Å². The molecule has 0 bridgehead atoms. The topological polar surface area (TPSA) is 81.0 Å². The normalized spacial score (nSPS) is 12.4. The van der Waals surface area contributed by atoms with Crippen molar-refractivity contribution in [1.29, 1.82) is 0 Å². The molecule has 3 aromatic carbocycles. The average molecular weight is 524 g/mol. The smallest absolute Gasteiger partial charge is 0.279 e. The number of thiazole rings is 1. The highest BCUT2D eigenvalue weighted by molar-refractivity contribution is 7.89. The van der Waals surface area contributed by atoms with Crippen molar-refractivity contribution in [2.75, 3.05) is 13.7 Å². The number of amides is 1. The van der Waals surface area contributed by atoms with Crippen molar-refractivity contribution in [2.24, 2.45) is 4.99 Å². The molecule has 9 heteroatoms. The van der Waals surface area contributed by atoms with E-state index in [9.17, 15) is 13.2 Å². The third-order valence-electron chi connectivity index (χ3n) is 5.67. The summed E-state index contributed by atoms with van der Waals surface area (Å²) in [6, 6.07) is 21.2. The zero-order valence-electron chi connectivity index (χ0n) is 20.5. The summed E-state index contributed by atoms with van der Waals surface area (Å²) in [5.74, 6) is 0.341. The van der Waals surface area contributed by atoms with Crippen molar-refractivity contribution in [3.05, 3.63) is 88.7 Å². The van der Waals surface area contributed by atoms with Gasteiger partial charge in [0, 0.05) is 25.7 Å². The highest BCUT2D eigenvalue weighted by Gasteiger charge is 2.21. The Bertz CT molecular complexity index is 1520. The highest BCUT2D eigenvalue weighted by Crippen LogP contribution is 2.28. The summed E-state index contributed by atoms with van der Waals surface area (Å²) in [6.45, 7) is 5.50. The minimum Gasteiger partial charge on any atom is -0.492 e. The Morgan fingerprint density at radius 3 is 2.39 bits per heavy atom. The van der Waals surface area contributed by atoms with Crippen LogP contribution >= 0.6 is 11.3 Å². The van der Waals surface area contributed by atoms with Crippen molar-refractivity contribution >= 4 is 37.5 Å². The number of para-hydroxylation sites is 1. The first-order valence-corrected chi connectivity index (χ1v) is 14.0. The van der Waals surface area contributed by atoms with Crippen LogP contribution in [0.2, 0.25) is 0 Å². The van der Waals surface area contributed by atoms with E-state index in [1.807, 2.05) is 60.0 Å². The van der Waals surface area contributed by atoms with Crippen LogP contribution in [0.15, 0.2) is 82.7 Å². The van der Waals surface area contributed by atoms with Gasteiger partial charge < -0.3 is 9.30 Å². The zero-order valence-corrected chi connectivity index (χ0v) is 22.2. The van der Waals surface area contributed by atoms with Gasteiger partial charge in [-0.05, 0) is 55.3 Å². The van der Waals surface area contributed by atoms with Gasteiger partial charge in [-0.3, -0.25) is 4.79 Å². The predicted octanol–water partition coefficient (Wildman–Crippen LogP) is 5.07. The first-order valence-electron chi connectivity index (χ1n) is 11.8. The molecule has 36 heavy (non-hydrogen) atoms. The standard InChI is InChI=1S/C27H29N3O4S2/c1-4-18-30-25-23(34-5-2)12-9-13-24(25)35-27(30)28-26(31)21-14-16-22(17-15-21)36(32,33)29(3)19-20-10-7-6-8-11-20/h6-17H,4-5,18-19H2,1-3H3. The number of nitrogens with zero attached hydrogens (tertiary/aromatic N) is 3. The number of rotatable bonds is 9. The number of hydrogen-bond acceptors (Lipinski definition) is 5. The first-order chi connectivity index (χ1) is 17.3. The molecule has 4 rings (SSSR count). The van der Waals surface area contributed by atoms with E-state index < -0.39 is 15.9 Å². The Hall–Kier alpha value is -3.27. The van der Waals surface area contributed by atoms with Crippen molar-refractivity contribution in [2.45, 2.75) is 38.3 Å². The van der Waals surface area contributed by atoms with Crippen LogP contribution in [0.1, 0.15) is 36.2 Å². The van der Waals surface area contributed by atoms with Gasteiger partial charge in [-0.1, -0.05) is 54.7 Å². The van der Waals surface area contributed by atoms with Gasteiger partial charge in [-0.25, -0.2) is 8.42 Å². The monoisotopic (exact) mass is 523 g/mol. The van der Waals surface area contributed by atoms with Gasteiger partial charge in [0.2, 0.25) is 10.0 Å². The van der Waals surface area contributed by atoms with Gasteiger partial charge in [0.15, 0.2) is 4.80 Å². The molecule has 0 radical (unpaired) electrons. The van der Waals surface area contributed by atoms with Crippen LogP contribution in [-0.2, 0) is 23.1 Å². The lowest BCUT2D eigenvalue weighted by molar-refractivity contribution is 0.0997. The van der Waals surface area contributed by atoms with E-state index in [2.05, 4.69) is 11.9 Å². The number of ether oxygens (including phenoxy) is 1. The molecule has 0 aliphatic heterocycles. The Kier molecular flexibility index (Phi) is 8.03. The molecule has 0 aliphatic carbocycles. The molecule has 0 saturated carbocycles. The molecule has 1 heterocycles. The van der Waals surface area contributed by atoms with E-state index in [-0.39, 0.29) is 11.4 Å². The third-order valence-corrected chi connectivity index (χ3v) is 8.53. The number of fused-ring (bicyclic) bond motifs is 1. The van der Waals surface area contributed by atoms with Crippen LogP contribution < -0.4 is 9.54 Å². The molecule has 0 atom stereocenters. The third kappa shape index (κ3) is 5.43. The Morgan fingerprint density at radius 1 is 1.00 bits per heavy atom. The maximum atomic E-state index is 13.0. The number of carbonyl (C=O) groups excluding carboxylic acids is 1. The van der Waals surface area contributed by atoms with Crippen molar-refractivity contribution in [3.8, 4) is 5.75 Å². The number of aromatic nitrogens is 1. The maximum Gasteiger partial charge on any atom is 0.279 e. The minimum absolute atomic E-state index is 0.127. The zero-order chi connectivity index (χ0) is 25.7. The van der Waals surface area contributed by atoms with Gasteiger partial charge in [0.1, 0.15) is 11.3 Å². The van der Waals surface area contributed by atoms with Crippen LogP contribution in [0.4, 0.5) is 0 Å². The quantitative estimate of drug-likeness (QED) is 0.307. The fourth-order valence-electron chi connectivity index (χ4n) is 3.91. The molecule has 0 unspecified atom stereocenters. The number of aryl methyl sites for hydroxylation is 1. The average Bonchev–Trinajstić information content (AvgIpc) is 3.22. The van der Waals surface area contributed by atoms with E-state index in [0.717, 1.165) is 28.0 Å². The Labute approximate surface area is 215 Å². The number of hydrogen-bond donors (Lipinski definition) is 0. The van der Waals surface area contributed by atoms with Crippen molar-refractivity contribution < 1.29 is 17.9 Å². The lowest BCUT2D eigenvalue weighted by atomic mass is 10.2. The second kappa shape index (κ2) is 11.2.